The lowest BCUT2D eigenvalue weighted by Gasteiger charge is -2.05. The highest BCUT2D eigenvalue weighted by molar-refractivity contribution is 7.99. The minimum Gasteiger partial charge on any atom is -0.258 e. The summed E-state index contributed by atoms with van der Waals surface area (Å²) in [6, 6.07) is 12.0. The van der Waals surface area contributed by atoms with E-state index < -0.39 is 4.92 Å². The maximum atomic E-state index is 11.0. The smallest absolute Gasteiger partial charge is 0.258 e. The van der Waals surface area contributed by atoms with Crippen molar-refractivity contribution in [3.05, 3.63) is 62.6 Å². The zero-order valence-electron chi connectivity index (χ0n) is 8.97. The van der Waals surface area contributed by atoms with Gasteiger partial charge in [-0.15, -0.1) is 0 Å². The van der Waals surface area contributed by atoms with Gasteiger partial charge in [0.25, 0.3) is 0 Å². The van der Waals surface area contributed by atoms with Crippen LogP contribution in [0.25, 0.3) is 0 Å². The molecule has 0 radical (unpaired) electrons. The van der Waals surface area contributed by atoms with Crippen molar-refractivity contribution in [2.75, 3.05) is 0 Å². The monoisotopic (exact) mass is 299 g/mol. The molecule has 0 atom stereocenters. The van der Waals surface area contributed by atoms with E-state index in [1.54, 1.807) is 30.3 Å². The summed E-state index contributed by atoms with van der Waals surface area (Å²) in [5, 5.41) is 11.7. The van der Waals surface area contributed by atoms with Crippen LogP contribution in [0.5, 0.6) is 0 Å². The van der Waals surface area contributed by atoms with Gasteiger partial charge in [0.2, 0.25) is 0 Å². The first-order valence-corrected chi connectivity index (χ1v) is 6.52. The Morgan fingerprint density at radius 2 is 1.56 bits per heavy atom. The van der Waals surface area contributed by atoms with Crippen molar-refractivity contribution in [3.8, 4) is 0 Å². The van der Waals surface area contributed by atoms with Crippen LogP contribution in [0.4, 0.5) is 5.69 Å². The Bertz CT molecular complexity index is 604. The van der Waals surface area contributed by atoms with Crippen LogP contribution in [0.1, 0.15) is 0 Å². The van der Waals surface area contributed by atoms with Crippen LogP contribution in [0.15, 0.2) is 52.3 Å². The molecule has 2 aromatic rings. The molecule has 0 heterocycles. The van der Waals surface area contributed by atoms with Gasteiger partial charge < -0.3 is 0 Å². The Morgan fingerprint density at radius 1 is 0.944 bits per heavy atom. The van der Waals surface area contributed by atoms with E-state index in [0.717, 1.165) is 4.90 Å². The summed E-state index contributed by atoms with van der Waals surface area (Å²) in [5.74, 6) is 0. The SMILES string of the molecule is O=[N+]([O-])c1c(Cl)cccc1Sc1ccccc1Cl. The lowest BCUT2D eigenvalue weighted by molar-refractivity contribution is -0.387. The molecule has 2 rings (SSSR count). The average Bonchev–Trinajstić information content (AvgIpc) is 2.31. The van der Waals surface area contributed by atoms with Crippen LogP contribution >= 0.6 is 35.0 Å². The standard InChI is InChI=1S/C12H7Cl2NO2S/c13-8-4-1-2-6-10(8)18-11-7-3-5-9(14)12(11)15(16)17/h1-7H. The molecule has 0 bridgehead atoms. The number of para-hydroxylation sites is 1. The van der Waals surface area contributed by atoms with Crippen molar-refractivity contribution in [1.29, 1.82) is 0 Å². The van der Waals surface area contributed by atoms with Crippen LogP contribution in [0.2, 0.25) is 10.0 Å². The van der Waals surface area contributed by atoms with Gasteiger partial charge in [-0.2, -0.15) is 0 Å². The molecular formula is C12H7Cl2NO2S. The second-order valence-electron chi connectivity index (χ2n) is 3.38. The number of hydrogen-bond acceptors (Lipinski definition) is 3. The molecule has 2 aromatic carbocycles. The van der Waals surface area contributed by atoms with Gasteiger partial charge in [0, 0.05) is 4.90 Å². The van der Waals surface area contributed by atoms with Crippen molar-refractivity contribution in [2.24, 2.45) is 0 Å². The Hall–Kier alpha value is -1.23. The highest BCUT2D eigenvalue weighted by Gasteiger charge is 2.19. The summed E-state index contributed by atoms with van der Waals surface area (Å²) in [7, 11) is 0. The summed E-state index contributed by atoms with van der Waals surface area (Å²) >= 11 is 13.1. The lowest BCUT2D eigenvalue weighted by atomic mass is 10.3. The van der Waals surface area contributed by atoms with Crippen molar-refractivity contribution in [1.82, 2.24) is 0 Å². The molecular weight excluding hydrogens is 293 g/mol. The zero-order chi connectivity index (χ0) is 13.1. The number of nitro benzene ring substituents is 1. The van der Waals surface area contributed by atoms with Gasteiger partial charge in [0.15, 0.2) is 0 Å². The minimum absolute atomic E-state index is 0.0934. The molecule has 3 nitrogen and oxygen atoms in total. The highest BCUT2D eigenvalue weighted by Crippen LogP contribution is 2.40. The molecule has 92 valence electrons. The van der Waals surface area contributed by atoms with Crippen molar-refractivity contribution >= 4 is 40.7 Å². The second kappa shape index (κ2) is 5.61. The third-order valence-corrected chi connectivity index (χ3v) is 4.06. The highest BCUT2D eigenvalue weighted by atomic mass is 35.5. The summed E-state index contributed by atoms with van der Waals surface area (Å²) in [4.78, 5) is 11.7. The van der Waals surface area contributed by atoms with E-state index in [2.05, 4.69) is 0 Å². The van der Waals surface area contributed by atoms with Crippen molar-refractivity contribution in [3.63, 3.8) is 0 Å². The molecule has 0 fully saturated rings. The van der Waals surface area contributed by atoms with Crippen LogP contribution in [0, 0.1) is 10.1 Å². The van der Waals surface area contributed by atoms with Crippen LogP contribution in [-0.2, 0) is 0 Å². The Labute approximate surface area is 118 Å². The van der Waals surface area contributed by atoms with E-state index in [0.29, 0.717) is 9.92 Å². The van der Waals surface area contributed by atoms with E-state index >= 15 is 0 Å². The van der Waals surface area contributed by atoms with Gasteiger partial charge in [-0.1, -0.05) is 53.2 Å². The number of halogens is 2. The third kappa shape index (κ3) is 2.77. The first kappa shape index (κ1) is 13.2. The van der Waals surface area contributed by atoms with E-state index in [4.69, 9.17) is 23.2 Å². The van der Waals surface area contributed by atoms with E-state index in [-0.39, 0.29) is 10.7 Å². The van der Waals surface area contributed by atoms with E-state index in [1.807, 2.05) is 6.07 Å². The first-order valence-electron chi connectivity index (χ1n) is 4.95. The molecule has 18 heavy (non-hydrogen) atoms. The number of rotatable bonds is 3. The average molecular weight is 300 g/mol. The maximum Gasteiger partial charge on any atom is 0.301 e. The number of nitro groups is 1. The molecule has 0 aromatic heterocycles. The van der Waals surface area contributed by atoms with Crippen LogP contribution in [-0.4, -0.2) is 4.92 Å². The summed E-state index contributed by atoms with van der Waals surface area (Å²) < 4.78 is 0. The Kier molecular flexibility index (Phi) is 4.11. The summed E-state index contributed by atoms with van der Waals surface area (Å²) in [6.07, 6.45) is 0. The molecule has 0 unspecified atom stereocenters. The molecule has 6 heteroatoms. The third-order valence-electron chi connectivity index (χ3n) is 2.19. The summed E-state index contributed by atoms with van der Waals surface area (Å²) in [6.45, 7) is 0. The second-order valence-corrected chi connectivity index (χ2v) is 5.27. The molecule has 0 saturated carbocycles. The predicted molar refractivity (Wildman–Crippen MR) is 73.7 cm³/mol. The van der Waals surface area contributed by atoms with Gasteiger partial charge in [-0.05, 0) is 24.3 Å². The normalized spacial score (nSPS) is 10.3. The predicted octanol–water partition coefficient (Wildman–Crippen LogP) is 5.05. The molecule has 0 N–H and O–H groups in total. The Balaban J connectivity index is 2.44. The van der Waals surface area contributed by atoms with Gasteiger partial charge in [0.05, 0.1) is 14.8 Å². The topological polar surface area (TPSA) is 43.1 Å². The molecule has 0 saturated heterocycles. The fourth-order valence-corrected chi connectivity index (χ4v) is 2.93. The van der Waals surface area contributed by atoms with Gasteiger partial charge in [-0.25, -0.2) is 0 Å². The fraction of sp³-hybridized carbons (Fsp3) is 0. The molecule has 0 amide bonds. The Morgan fingerprint density at radius 3 is 2.22 bits per heavy atom. The maximum absolute atomic E-state index is 11.0. The largest absolute Gasteiger partial charge is 0.301 e. The number of hydrogen-bond donors (Lipinski definition) is 0. The van der Waals surface area contributed by atoms with Gasteiger partial charge in [-0.3, -0.25) is 10.1 Å². The molecule has 0 aliphatic rings. The zero-order valence-corrected chi connectivity index (χ0v) is 11.3. The van der Waals surface area contributed by atoms with E-state index in [9.17, 15) is 10.1 Å². The first-order chi connectivity index (χ1) is 8.59. The van der Waals surface area contributed by atoms with Gasteiger partial charge in [0.1, 0.15) is 5.02 Å². The fourth-order valence-electron chi connectivity index (χ4n) is 1.40. The molecule has 0 aliphatic carbocycles. The van der Waals surface area contributed by atoms with Crippen molar-refractivity contribution < 1.29 is 4.92 Å². The quantitative estimate of drug-likeness (QED) is 0.588. The molecule has 0 aliphatic heterocycles. The lowest BCUT2D eigenvalue weighted by Crippen LogP contribution is -1.91. The minimum atomic E-state index is -0.485. The van der Waals surface area contributed by atoms with E-state index in [1.165, 1.54) is 17.8 Å². The van der Waals surface area contributed by atoms with Crippen LogP contribution < -0.4 is 0 Å². The van der Waals surface area contributed by atoms with Crippen molar-refractivity contribution in [2.45, 2.75) is 9.79 Å². The number of benzene rings is 2. The van der Waals surface area contributed by atoms with Crippen LogP contribution in [0.3, 0.4) is 0 Å². The summed E-state index contributed by atoms with van der Waals surface area (Å²) in [5.41, 5.74) is -0.0934. The van der Waals surface area contributed by atoms with Gasteiger partial charge >= 0.3 is 5.69 Å². The number of nitrogens with zero attached hydrogens (tertiary/aromatic N) is 1. The molecule has 0 spiro atoms.